The Bertz CT molecular complexity index is 683. The molecular weight excluding hydrogens is 357 g/mol. The number of nitrogens with zero attached hydrogens (tertiary/aromatic N) is 2. The molecule has 1 N–H and O–H groups in total. The number of fused-ring (bicyclic) bond motifs is 3. The molecule has 1 aromatic rings. The van der Waals surface area contributed by atoms with Crippen molar-refractivity contribution in [2.24, 2.45) is 17.8 Å². The predicted octanol–water partition coefficient (Wildman–Crippen LogP) is 2.85. The molecule has 5 atom stereocenters. The molecule has 0 aromatic heterocycles. The minimum Gasteiger partial charge on any atom is -0.369 e. The van der Waals surface area contributed by atoms with E-state index in [2.05, 4.69) is 21.2 Å². The molecule has 5 nitrogen and oxygen atoms in total. The molecule has 3 unspecified atom stereocenters. The van der Waals surface area contributed by atoms with Crippen LogP contribution in [-0.2, 0) is 9.47 Å². The van der Waals surface area contributed by atoms with Crippen molar-refractivity contribution < 1.29 is 13.9 Å². The number of anilines is 2. The molecule has 3 saturated heterocycles. The first-order valence-corrected chi connectivity index (χ1v) is 10.8. The summed E-state index contributed by atoms with van der Waals surface area (Å²) in [6, 6.07) is 6.86. The van der Waals surface area contributed by atoms with Crippen molar-refractivity contribution in [3.63, 3.8) is 0 Å². The largest absolute Gasteiger partial charge is 0.369 e. The maximum absolute atomic E-state index is 14.8. The van der Waals surface area contributed by atoms with Crippen molar-refractivity contribution in [3.05, 3.63) is 24.0 Å². The maximum Gasteiger partial charge on any atom is 0.159 e. The number of piperazine rings is 1. The summed E-state index contributed by atoms with van der Waals surface area (Å²) in [4.78, 5) is 4.82. The summed E-state index contributed by atoms with van der Waals surface area (Å²) in [5, 5.41) is 3.53. The summed E-state index contributed by atoms with van der Waals surface area (Å²) in [5.41, 5.74) is 1.98. The Morgan fingerprint density at radius 2 is 1.68 bits per heavy atom. The standard InChI is InChI=1S/C22H32FN3O2/c1-27-22(28-2)14-7-15-12-25(13-16(15)8-14)21-9-17(5-6-20(21)23)26-18-3-4-19(26)11-24-10-18/h5-6,9,14-16,18-19,22,24H,3-4,7-8,10-13H2,1-2H3/t14?,15-,16+,18?,19?. The van der Waals surface area contributed by atoms with Crippen molar-refractivity contribution >= 4 is 11.4 Å². The topological polar surface area (TPSA) is 37.0 Å². The highest BCUT2D eigenvalue weighted by molar-refractivity contribution is 5.62. The van der Waals surface area contributed by atoms with E-state index in [1.54, 1.807) is 20.3 Å². The average Bonchev–Trinajstić information content (AvgIpc) is 3.33. The molecule has 28 heavy (non-hydrogen) atoms. The molecule has 1 saturated carbocycles. The summed E-state index contributed by atoms with van der Waals surface area (Å²) in [6.07, 6.45) is 4.58. The Balaban J connectivity index is 1.32. The fraction of sp³-hybridized carbons (Fsp3) is 0.727. The van der Waals surface area contributed by atoms with Crippen LogP contribution >= 0.6 is 0 Å². The van der Waals surface area contributed by atoms with Gasteiger partial charge < -0.3 is 24.6 Å². The van der Waals surface area contributed by atoms with Crippen molar-refractivity contribution in [2.75, 3.05) is 50.2 Å². The van der Waals surface area contributed by atoms with Crippen LogP contribution in [-0.4, -0.2) is 58.8 Å². The highest BCUT2D eigenvalue weighted by atomic mass is 19.1. The zero-order valence-corrected chi connectivity index (χ0v) is 16.9. The minimum absolute atomic E-state index is 0.0885. The summed E-state index contributed by atoms with van der Waals surface area (Å²) in [7, 11) is 3.44. The molecular formula is C22H32FN3O2. The van der Waals surface area contributed by atoms with Gasteiger partial charge in [0.05, 0.1) is 5.69 Å². The summed E-state index contributed by atoms with van der Waals surface area (Å²) >= 11 is 0. The molecule has 3 aliphatic heterocycles. The third kappa shape index (κ3) is 3.10. The lowest BCUT2D eigenvalue weighted by Gasteiger charge is -2.38. The van der Waals surface area contributed by atoms with Gasteiger partial charge in [-0.2, -0.15) is 0 Å². The number of hydrogen-bond acceptors (Lipinski definition) is 5. The predicted molar refractivity (Wildman–Crippen MR) is 108 cm³/mol. The van der Waals surface area contributed by atoms with Gasteiger partial charge in [0, 0.05) is 64.1 Å². The molecule has 1 aliphatic carbocycles. The van der Waals surface area contributed by atoms with Crippen LogP contribution in [0, 0.1) is 23.6 Å². The molecule has 6 heteroatoms. The van der Waals surface area contributed by atoms with Gasteiger partial charge in [0.25, 0.3) is 0 Å². The van der Waals surface area contributed by atoms with E-state index in [1.165, 1.54) is 18.5 Å². The van der Waals surface area contributed by atoms with E-state index in [9.17, 15) is 4.39 Å². The molecule has 3 heterocycles. The molecule has 5 rings (SSSR count). The van der Waals surface area contributed by atoms with Crippen LogP contribution in [0.15, 0.2) is 18.2 Å². The van der Waals surface area contributed by atoms with Crippen LogP contribution in [0.3, 0.4) is 0 Å². The molecule has 2 bridgehead atoms. The van der Waals surface area contributed by atoms with Gasteiger partial charge in [0.1, 0.15) is 5.82 Å². The smallest absolute Gasteiger partial charge is 0.159 e. The molecule has 154 valence electrons. The first kappa shape index (κ1) is 18.6. The Labute approximate surface area is 167 Å². The van der Waals surface area contributed by atoms with Crippen LogP contribution < -0.4 is 15.1 Å². The number of hydrogen-bond donors (Lipinski definition) is 1. The van der Waals surface area contributed by atoms with E-state index in [1.807, 2.05) is 6.07 Å². The van der Waals surface area contributed by atoms with Gasteiger partial charge in [-0.3, -0.25) is 0 Å². The van der Waals surface area contributed by atoms with E-state index < -0.39 is 0 Å². The second-order valence-electron chi connectivity index (χ2n) is 9.08. The first-order chi connectivity index (χ1) is 13.7. The molecule has 4 fully saturated rings. The molecule has 0 spiro atoms. The average molecular weight is 390 g/mol. The van der Waals surface area contributed by atoms with E-state index in [4.69, 9.17) is 9.47 Å². The van der Waals surface area contributed by atoms with Crippen molar-refractivity contribution in [3.8, 4) is 0 Å². The van der Waals surface area contributed by atoms with E-state index in [0.717, 1.165) is 44.7 Å². The van der Waals surface area contributed by atoms with Crippen molar-refractivity contribution in [1.82, 2.24) is 5.32 Å². The summed E-state index contributed by atoms with van der Waals surface area (Å²) in [6.45, 7) is 3.96. The normalized spacial score (nSPS) is 34.5. The third-order valence-electron chi connectivity index (χ3n) is 7.59. The third-order valence-corrected chi connectivity index (χ3v) is 7.59. The monoisotopic (exact) mass is 389 g/mol. The summed E-state index contributed by atoms with van der Waals surface area (Å²) < 4.78 is 25.7. The molecule has 0 amide bonds. The number of methoxy groups -OCH3 is 2. The molecule has 4 aliphatic rings. The van der Waals surface area contributed by atoms with Gasteiger partial charge in [-0.05, 0) is 55.7 Å². The Morgan fingerprint density at radius 1 is 1.04 bits per heavy atom. The Hall–Kier alpha value is -1.37. The van der Waals surface area contributed by atoms with Gasteiger partial charge in [-0.1, -0.05) is 0 Å². The second kappa shape index (κ2) is 7.47. The SMILES string of the molecule is COC(OC)C1C[C@@H]2CN(c3cc(N4C5CCC4CNC5)ccc3F)C[C@@H]2C1. The lowest BCUT2D eigenvalue weighted by atomic mass is 10.0. The van der Waals surface area contributed by atoms with Crippen LogP contribution in [0.1, 0.15) is 25.7 Å². The minimum atomic E-state index is -0.109. The Morgan fingerprint density at radius 3 is 2.29 bits per heavy atom. The number of halogens is 1. The number of nitrogens with one attached hydrogen (secondary N) is 1. The highest BCUT2D eigenvalue weighted by Crippen LogP contribution is 2.45. The maximum atomic E-state index is 14.8. The van der Waals surface area contributed by atoms with Gasteiger partial charge in [0.15, 0.2) is 6.29 Å². The summed E-state index contributed by atoms with van der Waals surface area (Å²) in [5.74, 6) is 1.58. The molecule has 1 aromatic carbocycles. The number of ether oxygens (including phenoxy) is 2. The lowest BCUT2D eigenvalue weighted by Crippen LogP contribution is -2.52. The van der Waals surface area contributed by atoms with Gasteiger partial charge in [-0.25, -0.2) is 4.39 Å². The zero-order chi connectivity index (χ0) is 19.3. The first-order valence-electron chi connectivity index (χ1n) is 10.8. The Kier molecular flexibility index (Phi) is 4.97. The fourth-order valence-corrected chi connectivity index (χ4v) is 6.35. The van der Waals surface area contributed by atoms with E-state index >= 15 is 0 Å². The zero-order valence-electron chi connectivity index (χ0n) is 16.9. The van der Waals surface area contributed by atoms with E-state index in [-0.39, 0.29) is 12.1 Å². The van der Waals surface area contributed by atoms with Gasteiger partial charge in [-0.15, -0.1) is 0 Å². The van der Waals surface area contributed by atoms with E-state index in [0.29, 0.717) is 29.8 Å². The quantitative estimate of drug-likeness (QED) is 0.784. The number of rotatable bonds is 5. The van der Waals surface area contributed by atoms with Crippen LogP contribution in [0.5, 0.6) is 0 Å². The van der Waals surface area contributed by atoms with Crippen LogP contribution in [0.2, 0.25) is 0 Å². The van der Waals surface area contributed by atoms with Crippen LogP contribution in [0.25, 0.3) is 0 Å². The van der Waals surface area contributed by atoms with Gasteiger partial charge >= 0.3 is 0 Å². The van der Waals surface area contributed by atoms with Crippen molar-refractivity contribution in [2.45, 2.75) is 44.1 Å². The van der Waals surface area contributed by atoms with Crippen molar-refractivity contribution in [1.29, 1.82) is 0 Å². The molecule has 0 radical (unpaired) electrons. The second-order valence-corrected chi connectivity index (χ2v) is 9.08. The van der Waals surface area contributed by atoms with Crippen LogP contribution in [0.4, 0.5) is 15.8 Å². The lowest BCUT2D eigenvalue weighted by molar-refractivity contribution is -0.136. The van der Waals surface area contributed by atoms with Gasteiger partial charge in [0.2, 0.25) is 0 Å². The number of benzene rings is 1. The fourth-order valence-electron chi connectivity index (χ4n) is 6.35. The highest BCUT2D eigenvalue weighted by Gasteiger charge is 2.44.